The molecule has 0 aromatic heterocycles. The number of aryl methyl sites for hydroxylation is 1. The Kier molecular flexibility index (Phi) is 4.58. The lowest BCUT2D eigenvalue weighted by Gasteiger charge is -2.36. The maximum Gasteiger partial charge on any atom is 0.308 e. The molecule has 2 fully saturated rings. The summed E-state index contributed by atoms with van der Waals surface area (Å²) in [6.45, 7) is 3.42. The number of hydrogen-bond acceptors (Lipinski definition) is 3. The van der Waals surface area contributed by atoms with E-state index in [0.29, 0.717) is 43.7 Å². The molecule has 1 atom stereocenters. The first-order chi connectivity index (χ1) is 11.4. The van der Waals surface area contributed by atoms with Gasteiger partial charge < -0.3 is 14.7 Å². The van der Waals surface area contributed by atoms with Crippen molar-refractivity contribution in [3.63, 3.8) is 0 Å². The lowest BCUT2D eigenvalue weighted by Crippen LogP contribution is -2.40. The molecular formula is C18H22FNO4. The number of likely N-dealkylation sites (tertiary alicyclic amines) is 1. The Labute approximate surface area is 140 Å². The molecule has 0 radical (unpaired) electrons. The van der Waals surface area contributed by atoms with Crippen LogP contribution in [-0.2, 0) is 20.7 Å². The van der Waals surface area contributed by atoms with E-state index in [9.17, 15) is 19.1 Å². The molecule has 2 aliphatic heterocycles. The van der Waals surface area contributed by atoms with Gasteiger partial charge in [-0.15, -0.1) is 0 Å². The zero-order chi connectivity index (χ0) is 17.3. The zero-order valence-electron chi connectivity index (χ0n) is 13.8. The van der Waals surface area contributed by atoms with E-state index in [0.717, 1.165) is 0 Å². The Hall–Kier alpha value is -1.95. The molecule has 1 spiro atoms. The van der Waals surface area contributed by atoms with Crippen molar-refractivity contribution >= 4 is 11.9 Å². The number of aliphatic carboxylic acids is 1. The van der Waals surface area contributed by atoms with E-state index < -0.39 is 17.3 Å². The highest BCUT2D eigenvalue weighted by Crippen LogP contribution is 2.44. The number of carbonyl (C=O) groups is 2. The van der Waals surface area contributed by atoms with Crippen LogP contribution in [0.1, 0.15) is 24.0 Å². The molecule has 0 aliphatic carbocycles. The quantitative estimate of drug-likeness (QED) is 0.918. The van der Waals surface area contributed by atoms with Crippen molar-refractivity contribution in [2.24, 2.45) is 11.3 Å². The van der Waals surface area contributed by atoms with Gasteiger partial charge in [0.1, 0.15) is 5.82 Å². The SMILES string of the molecule is Cc1ccc(CC(=O)N2CC(C(=O)O)C3(CCOCC3)C2)cc1F. The minimum atomic E-state index is -0.853. The smallest absolute Gasteiger partial charge is 0.308 e. The molecular weight excluding hydrogens is 313 g/mol. The van der Waals surface area contributed by atoms with Gasteiger partial charge in [-0.1, -0.05) is 12.1 Å². The van der Waals surface area contributed by atoms with Crippen molar-refractivity contribution in [3.8, 4) is 0 Å². The monoisotopic (exact) mass is 335 g/mol. The second-order valence-corrected chi connectivity index (χ2v) is 6.90. The van der Waals surface area contributed by atoms with Gasteiger partial charge in [-0.2, -0.15) is 0 Å². The van der Waals surface area contributed by atoms with Gasteiger partial charge >= 0.3 is 5.97 Å². The van der Waals surface area contributed by atoms with Crippen LogP contribution in [0.15, 0.2) is 18.2 Å². The Bertz CT molecular complexity index is 654. The van der Waals surface area contributed by atoms with E-state index in [2.05, 4.69) is 0 Å². The zero-order valence-corrected chi connectivity index (χ0v) is 13.8. The van der Waals surface area contributed by atoms with Crippen LogP contribution < -0.4 is 0 Å². The summed E-state index contributed by atoms with van der Waals surface area (Å²) in [6, 6.07) is 4.77. The Balaban J connectivity index is 1.73. The Morgan fingerprint density at radius 3 is 2.71 bits per heavy atom. The number of ether oxygens (including phenoxy) is 1. The molecule has 1 N–H and O–H groups in total. The van der Waals surface area contributed by atoms with Crippen LogP contribution in [0, 0.1) is 24.1 Å². The van der Waals surface area contributed by atoms with Gasteiger partial charge in [-0.25, -0.2) is 4.39 Å². The number of halogens is 1. The van der Waals surface area contributed by atoms with Gasteiger partial charge in [0.2, 0.25) is 5.91 Å². The minimum Gasteiger partial charge on any atom is -0.481 e. The van der Waals surface area contributed by atoms with Crippen molar-refractivity contribution in [2.45, 2.75) is 26.2 Å². The molecule has 1 amide bonds. The van der Waals surface area contributed by atoms with Crippen molar-refractivity contribution in [2.75, 3.05) is 26.3 Å². The molecule has 2 saturated heterocycles. The van der Waals surface area contributed by atoms with Gasteiger partial charge in [0, 0.05) is 31.7 Å². The van der Waals surface area contributed by atoms with Crippen LogP contribution in [0.2, 0.25) is 0 Å². The third-order valence-corrected chi connectivity index (χ3v) is 5.38. The van der Waals surface area contributed by atoms with Gasteiger partial charge in [0.25, 0.3) is 0 Å². The standard InChI is InChI=1S/C18H22FNO4/c1-12-2-3-13(8-15(12)19)9-16(21)20-10-14(17(22)23)18(11-20)4-6-24-7-5-18/h2-3,8,14H,4-7,9-11H2,1H3,(H,22,23). The minimum absolute atomic E-state index is 0.0934. The molecule has 6 heteroatoms. The predicted molar refractivity (Wildman–Crippen MR) is 85.0 cm³/mol. The van der Waals surface area contributed by atoms with Crippen LogP contribution in [0.5, 0.6) is 0 Å². The fourth-order valence-electron chi connectivity index (χ4n) is 3.82. The molecule has 1 aromatic carbocycles. The number of hydrogen-bond donors (Lipinski definition) is 1. The summed E-state index contributed by atoms with van der Waals surface area (Å²) in [6.07, 6.45) is 1.41. The summed E-state index contributed by atoms with van der Waals surface area (Å²) in [5.74, 6) is -1.88. The van der Waals surface area contributed by atoms with E-state index in [-0.39, 0.29) is 24.7 Å². The van der Waals surface area contributed by atoms with Crippen molar-refractivity contribution in [3.05, 3.63) is 35.1 Å². The summed E-state index contributed by atoms with van der Waals surface area (Å²) in [7, 11) is 0. The van der Waals surface area contributed by atoms with Gasteiger partial charge in [-0.3, -0.25) is 9.59 Å². The largest absolute Gasteiger partial charge is 0.481 e. The van der Waals surface area contributed by atoms with Crippen LogP contribution in [-0.4, -0.2) is 48.2 Å². The molecule has 0 saturated carbocycles. The number of nitrogens with zero attached hydrogens (tertiary/aromatic N) is 1. The van der Waals surface area contributed by atoms with Crippen LogP contribution in [0.25, 0.3) is 0 Å². The summed E-state index contributed by atoms with van der Waals surface area (Å²) in [5, 5.41) is 9.56. The fourth-order valence-corrected chi connectivity index (χ4v) is 3.82. The molecule has 130 valence electrons. The highest BCUT2D eigenvalue weighted by Gasteiger charge is 2.51. The first kappa shape index (κ1) is 16.9. The molecule has 1 aromatic rings. The highest BCUT2D eigenvalue weighted by molar-refractivity contribution is 5.81. The number of carbonyl (C=O) groups excluding carboxylic acids is 1. The summed E-state index contributed by atoms with van der Waals surface area (Å²) < 4.78 is 19.0. The molecule has 1 unspecified atom stereocenters. The molecule has 5 nitrogen and oxygen atoms in total. The lowest BCUT2D eigenvalue weighted by molar-refractivity contribution is -0.146. The first-order valence-corrected chi connectivity index (χ1v) is 8.25. The maximum atomic E-state index is 13.6. The third-order valence-electron chi connectivity index (χ3n) is 5.38. The average Bonchev–Trinajstić information content (AvgIpc) is 2.91. The normalized spacial score (nSPS) is 22.8. The summed E-state index contributed by atoms with van der Waals surface area (Å²) >= 11 is 0. The Morgan fingerprint density at radius 2 is 2.08 bits per heavy atom. The van der Waals surface area contributed by atoms with E-state index >= 15 is 0 Å². The number of carboxylic acid groups (broad SMARTS) is 1. The summed E-state index contributed by atoms with van der Waals surface area (Å²) in [5.41, 5.74) is 0.764. The molecule has 2 heterocycles. The van der Waals surface area contributed by atoms with Crippen LogP contribution >= 0.6 is 0 Å². The van der Waals surface area contributed by atoms with Crippen molar-refractivity contribution < 1.29 is 23.8 Å². The van der Waals surface area contributed by atoms with Gasteiger partial charge in [0.15, 0.2) is 0 Å². The highest BCUT2D eigenvalue weighted by atomic mass is 19.1. The van der Waals surface area contributed by atoms with E-state index in [4.69, 9.17) is 4.74 Å². The van der Waals surface area contributed by atoms with E-state index in [1.165, 1.54) is 6.07 Å². The average molecular weight is 335 g/mol. The second kappa shape index (κ2) is 6.51. The lowest BCUT2D eigenvalue weighted by atomic mass is 9.72. The van der Waals surface area contributed by atoms with Gasteiger partial charge in [0.05, 0.1) is 12.3 Å². The maximum absolute atomic E-state index is 13.6. The van der Waals surface area contributed by atoms with E-state index in [1.807, 2.05) is 0 Å². The number of benzene rings is 1. The number of amides is 1. The third kappa shape index (κ3) is 3.15. The fraction of sp³-hybridized carbons (Fsp3) is 0.556. The predicted octanol–water partition coefficient (Wildman–Crippen LogP) is 2.02. The van der Waals surface area contributed by atoms with Crippen molar-refractivity contribution in [1.29, 1.82) is 0 Å². The second-order valence-electron chi connectivity index (χ2n) is 6.90. The Morgan fingerprint density at radius 1 is 1.38 bits per heavy atom. The first-order valence-electron chi connectivity index (χ1n) is 8.25. The van der Waals surface area contributed by atoms with Crippen LogP contribution in [0.3, 0.4) is 0 Å². The number of carboxylic acids is 1. The number of rotatable bonds is 3. The van der Waals surface area contributed by atoms with Crippen molar-refractivity contribution in [1.82, 2.24) is 4.90 Å². The topological polar surface area (TPSA) is 66.8 Å². The molecule has 24 heavy (non-hydrogen) atoms. The molecule has 2 aliphatic rings. The molecule has 0 bridgehead atoms. The summed E-state index contributed by atoms with van der Waals surface area (Å²) in [4.78, 5) is 25.9. The van der Waals surface area contributed by atoms with Gasteiger partial charge in [-0.05, 0) is 37.0 Å². The molecule has 3 rings (SSSR count). The van der Waals surface area contributed by atoms with Crippen LogP contribution in [0.4, 0.5) is 4.39 Å². The van der Waals surface area contributed by atoms with E-state index in [1.54, 1.807) is 24.0 Å².